The molecule has 0 aromatic heterocycles. The maximum absolute atomic E-state index is 11.6. The van der Waals surface area contributed by atoms with Crippen molar-refractivity contribution in [3.05, 3.63) is 0 Å². The van der Waals surface area contributed by atoms with E-state index in [2.05, 4.69) is 10.6 Å². The molecule has 0 bridgehead atoms. The van der Waals surface area contributed by atoms with Crippen LogP contribution in [0.15, 0.2) is 0 Å². The molecular weight excluding hydrogens is 216 g/mol. The highest BCUT2D eigenvalue weighted by Crippen LogP contribution is 2.26. The van der Waals surface area contributed by atoms with E-state index in [1.807, 2.05) is 0 Å². The Balaban J connectivity index is 1.51. The van der Waals surface area contributed by atoms with Gasteiger partial charge in [0.25, 0.3) is 0 Å². The van der Waals surface area contributed by atoms with Crippen LogP contribution in [0.5, 0.6) is 0 Å². The molecule has 1 atom stereocenters. The molecule has 2 fully saturated rings. The van der Waals surface area contributed by atoms with E-state index in [1.54, 1.807) is 0 Å². The molecule has 3 N–H and O–H groups in total. The summed E-state index contributed by atoms with van der Waals surface area (Å²) in [6.45, 7) is 1.85. The molecule has 0 aromatic rings. The Morgan fingerprint density at radius 2 is 2.18 bits per heavy atom. The average molecular weight is 240 g/mol. The fraction of sp³-hybridized carbons (Fsp3) is 0.923. The predicted molar refractivity (Wildman–Crippen MR) is 66.6 cm³/mol. The lowest BCUT2D eigenvalue weighted by Crippen LogP contribution is -2.39. The first-order chi connectivity index (χ1) is 8.24. The van der Waals surface area contributed by atoms with Crippen molar-refractivity contribution in [2.75, 3.05) is 13.1 Å². The molecule has 0 aromatic carbocycles. The van der Waals surface area contributed by atoms with Crippen LogP contribution in [0.2, 0.25) is 0 Å². The minimum Gasteiger partial charge on any atom is -0.393 e. The van der Waals surface area contributed by atoms with Crippen LogP contribution in [0.3, 0.4) is 0 Å². The second kappa shape index (κ2) is 6.36. The van der Waals surface area contributed by atoms with Crippen LogP contribution in [-0.4, -0.2) is 36.2 Å². The number of carbonyl (C=O) groups excluding carboxylic acids is 1. The molecule has 4 nitrogen and oxygen atoms in total. The van der Waals surface area contributed by atoms with Gasteiger partial charge in [-0.1, -0.05) is 6.42 Å². The van der Waals surface area contributed by atoms with E-state index in [4.69, 9.17) is 5.11 Å². The summed E-state index contributed by atoms with van der Waals surface area (Å²) in [5, 5.41) is 15.6. The molecule has 1 saturated carbocycles. The summed E-state index contributed by atoms with van der Waals surface area (Å²) < 4.78 is 0. The number of amides is 1. The zero-order chi connectivity index (χ0) is 12.1. The number of nitrogens with one attached hydrogen (secondary N) is 2. The van der Waals surface area contributed by atoms with Gasteiger partial charge in [-0.15, -0.1) is 0 Å². The lowest BCUT2D eigenvalue weighted by Gasteiger charge is -2.31. The maximum Gasteiger partial charge on any atom is 0.220 e. The fourth-order valence-electron chi connectivity index (χ4n) is 2.69. The quantitative estimate of drug-likeness (QED) is 0.666. The van der Waals surface area contributed by atoms with Crippen molar-refractivity contribution in [2.45, 2.75) is 57.1 Å². The van der Waals surface area contributed by atoms with Crippen molar-refractivity contribution >= 4 is 5.91 Å². The zero-order valence-corrected chi connectivity index (χ0v) is 10.5. The van der Waals surface area contributed by atoms with Crippen LogP contribution >= 0.6 is 0 Å². The van der Waals surface area contributed by atoms with Gasteiger partial charge in [0.2, 0.25) is 5.91 Å². The molecular formula is C13H24N2O2. The van der Waals surface area contributed by atoms with Crippen molar-refractivity contribution < 1.29 is 9.90 Å². The lowest BCUT2D eigenvalue weighted by molar-refractivity contribution is -0.121. The molecule has 1 saturated heterocycles. The van der Waals surface area contributed by atoms with Crippen LogP contribution in [0.4, 0.5) is 0 Å². The third-order valence-electron chi connectivity index (χ3n) is 3.93. The Labute approximate surface area is 103 Å². The van der Waals surface area contributed by atoms with Crippen molar-refractivity contribution in [1.29, 1.82) is 0 Å². The maximum atomic E-state index is 11.6. The van der Waals surface area contributed by atoms with E-state index in [-0.39, 0.29) is 12.0 Å². The van der Waals surface area contributed by atoms with Crippen molar-refractivity contribution in [1.82, 2.24) is 10.6 Å². The number of piperidine rings is 1. The van der Waals surface area contributed by atoms with Crippen molar-refractivity contribution in [3.8, 4) is 0 Å². The smallest absolute Gasteiger partial charge is 0.220 e. The van der Waals surface area contributed by atoms with E-state index in [1.165, 1.54) is 19.3 Å². The van der Waals surface area contributed by atoms with Crippen LogP contribution in [-0.2, 0) is 4.79 Å². The molecule has 0 radical (unpaired) electrons. The first-order valence-electron chi connectivity index (χ1n) is 6.92. The van der Waals surface area contributed by atoms with Crippen LogP contribution in [0.1, 0.15) is 44.9 Å². The summed E-state index contributed by atoms with van der Waals surface area (Å²) >= 11 is 0. The monoisotopic (exact) mass is 240 g/mol. The SMILES string of the molecule is O=C(CCC1CCCCN1)NCC1CC(O)C1. The minimum absolute atomic E-state index is 0.122. The van der Waals surface area contributed by atoms with Crippen LogP contribution in [0.25, 0.3) is 0 Å². The summed E-state index contributed by atoms with van der Waals surface area (Å²) in [5.41, 5.74) is 0. The number of aliphatic hydroxyl groups excluding tert-OH is 1. The number of hydrogen-bond donors (Lipinski definition) is 3. The number of rotatable bonds is 5. The molecule has 1 aliphatic carbocycles. The standard InChI is InChI=1S/C13H24N2O2/c16-12-7-10(8-12)9-15-13(17)5-4-11-3-1-2-6-14-11/h10-12,14,16H,1-9H2,(H,15,17). The number of carbonyl (C=O) groups is 1. The van der Waals surface area contributed by atoms with Crippen molar-refractivity contribution in [2.24, 2.45) is 5.92 Å². The van der Waals surface area contributed by atoms with Gasteiger partial charge in [0, 0.05) is 19.0 Å². The topological polar surface area (TPSA) is 61.4 Å². The Morgan fingerprint density at radius 1 is 1.35 bits per heavy atom. The molecule has 17 heavy (non-hydrogen) atoms. The zero-order valence-electron chi connectivity index (χ0n) is 10.5. The van der Waals surface area contributed by atoms with E-state index in [0.717, 1.165) is 32.4 Å². The van der Waals surface area contributed by atoms with Crippen LogP contribution < -0.4 is 10.6 Å². The number of aliphatic hydroxyl groups is 1. The van der Waals surface area contributed by atoms with E-state index in [9.17, 15) is 4.79 Å². The van der Waals surface area contributed by atoms with Gasteiger partial charge in [-0.05, 0) is 44.6 Å². The normalized spacial score (nSPS) is 32.9. The minimum atomic E-state index is -0.122. The third-order valence-corrected chi connectivity index (χ3v) is 3.93. The van der Waals surface area contributed by atoms with Gasteiger partial charge in [0.1, 0.15) is 0 Å². The van der Waals surface area contributed by atoms with E-state index in [0.29, 0.717) is 18.4 Å². The summed E-state index contributed by atoms with van der Waals surface area (Å²) in [6.07, 6.45) is 6.94. The van der Waals surface area contributed by atoms with Gasteiger partial charge in [-0.25, -0.2) is 0 Å². The largest absolute Gasteiger partial charge is 0.393 e. The highest BCUT2D eigenvalue weighted by Gasteiger charge is 2.27. The van der Waals surface area contributed by atoms with Gasteiger partial charge in [-0.2, -0.15) is 0 Å². The molecule has 4 heteroatoms. The van der Waals surface area contributed by atoms with Gasteiger partial charge in [0.05, 0.1) is 6.10 Å². The number of hydrogen-bond acceptors (Lipinski definition) is 3. The highest BCUT2D eigenvalue weighted by atomic mass is 16.3. The molecule has 1 unspecified atom stereocenters. The van der Waals surface area contributed by atoms with Gasteiger partial charge in [0.15, 0.2) is 0 Å². The summed E-state index contributed by atoms with van der Waals surface area (Å²) in [5.74, 6) is 0.667. The fourth-order valence-corrected chi connectivity index (χ4v) is 2.69. The second-order valence-corrected chi connectivity index (χ2v) is 5.48. The molecule has 1 amide bonds. The summed E-state index contributed by atoms with van der Waals surface area (Å²) in [6, 6.07) is 0.542. The van der Waals surface area contributed by atoms with Crippen molar-refractivity contribution in [3.63, 3.8) is 0 Å². The Hall–Kier alpha value is -0.610. The van der Waals surface area contributed by atoms with E-state index < -0.39 is 0 Å². The molecule has 1 aliphatic heterocycles. The van der Waals surface area contributed by atoms with Gasteiger partial charge >= 0.3 is 0 Å². The summed E-state index contributed by atoms with van der Waals surface area (Å²) in [4.78, 5) is 11.6. The molecule has 98 valence electrons. The molecule has 2 rings (SSSR count). The second-order valence-electron chi connectivity index (χ2n) is 5.48. The van der Waals surface area contributed by atoms with E-state index >= 15 is 0 Å². The van der Waals surface area contributed by atoms with Crippen LogP contribution in [0, 0.1) is 5.92 Å². The predicted octanol–water partition coefficient (Wildman–Crippen LogP) is 0.796. The molecule has 2 aliphatic rings. The molecule has 0 spiro atoms. The Bertz CT molecular complexity index is 246. The highest BCUT2D eigenvalue weighted by molar-refractivity contribution is 5.75. The molecule has 1 heterocycles. The van der Waals surface area contributed by atoms with Gasteiger partial charge < -0.3 is 15.7 Å². The van der Waals surface area contributed by atoms with Gasteiger partial charge in [-0.3, -0.25) is 4.79 Å². The average Bonchev–Trinajstić information content (AvgIpc) is 2.32. The third kappa shape index (κ3) is 4.28. The lowest BCUT2D eigenvalue weighted by atomic mass is 9.82. The Kier molecular flexibility index (Phi) is 4.80. The first-order valence-corrected chi connectivity index (χ1v) is 6.92. The Morgan fingerprint density at radius 3 is 2.82 bits per heavy atom. The first kappa shape index (κ1) is 12.8. The summed E-state index contributed by atoms with van der Waals surface area (Å²) in [7, 11) is 0.